The predicted molar refractivity (Wildman–Crippen MR) is 262 cm³/mol. The number of aromatic nitrogens is 2. The van der Waals surface area contributed by atoms with Crippen LogP contribution in [0.2, 0.25) is 0 Å². The highest BCUT2D eigenvalue weighted by Gasteiger charge is 2.47. The first kappa shape index (κ1) is 37.8. The van der Waals surface area contributed by atoms with E-state index in [1.54, 1.807) is 0 Å². The maximum atomic E-state index is 5.69. The smallest absolute Gasteiger partial charge is 0.160 e. The van der Waals surface area contributed by atoms with Gasteiger partial charge in [0, 0.05) is 22.3 Å². The average molecular weight is 817 g/mol. The molecule has 0 amide bonds. The minimum absolute atomic E-state index is 0.526. The SMILES string of the molecule is CCc1c(-c2ccccc2)nc(-c2ccc3c(c2)C(c2ccccc2)(c2ccccc2)c2ccccc2-3)nc1-c1ccc2c(c1)C(c1ccccc1)(c1ccccc1)c1ccccc1-2. The second-order valence-corrected chi connectivity index (χ2v) is 17.0. The number of hydrogen-bond donors (Lipinski definition) is 0. The van der Waals surface area contributed by atoms with Gasteiger partial charge >= 0.3 is 0 Å². The topological polar surface area (TPSA) is 25.8 Å². The number of benzene rings is 9. The van der Waals surface area contributed by atoms with E-state index in [0.717, 1.165) is 40.1 Å². The Morgan fingerprint density at radius 3 is 1.09 bits per heavy atom. The van der Waals surface area contributed by atoms with E-state index in [4.69, 9.17) is 9.97 Å². The van der Waals surface area contributed by atoms with Gasteiger partial charge in [0.2, 0.25) is 0 Å². The zero-order chi connectivity index (χ0) is 42.7. The third kappa shape index (κ3) is 5.52. The molecule has 0 saturated carbocycles. The molecule has 0 radical (unpaired) electrons. The molecule has 0 saturated heterocycles. The highest BCUT2D eigenvalue weighted by molar-refractivity contribution is 5.91. The van der Waals surface area contributed by atoms with Gasteiger partial charge in [-0.3, -0.25) is 0 Å². The van der Waals surface area contributed by atoms with Crippen molar-refractivity contribution in [2.24, 2.45) is 0 Å². The van der Waals surface area contributed by atoms with Gasteiger partial charge < -0.3 is 0 Å². The first-order chi connectivity index (χ1) is 31.7. The van der Waals surface area contributed by atoms with Gasteiger partial charge in [-0.05, 0) is 85.3 Å². The number of fused-ring (bicyclic) bond motifs is 6. The molecule has 0 spiro atoms. The minimum atomic E-state index is -0.536. The Morgan fingerprint density at radius 1 is 0.312 bits per heavy atom. The van der Waals surface area contributed by atoms with Crippen LogP contribution in [0, 0.1) is 0 Å². The summed E-state index contributed by atoms with van der Waals surface area (Å²) in [4.78, 5) is 11.3. The van der Waals surface area contributed by atoms with Gasteiger partial charge in [-0.15, -0.1) is 0 Å². The molecule has 9 aromatic carbocycles. The molecule has 64 heavy (non-hydrogen) atoms. The van der Waals surface area contributed by atoms with E-state index in [9.17, 15) is 0 Å². The van der Waals surface area contributed by atoms with Crippen molar-refractivity contribution in [2.75, 3.05) is 0 Å². The summed E-state index contributed by atoms with van der Waals surface area (Å²) in [5.74, 6) is 0.709. The number of rotatable bonds is 8. The highest BCUT2D eigenvalue weighted by Crippen LogP contribution is 2.58. The molecule has 2 nitrogen and oxygen atoms in total. The molecular formula is C62H44N2. The Kier molecular flexibility index (Phi) is 8.95. The fourth-order valence-electron chi connectivity index (χ4n) is 11.2. The lowest BCUT2D eigenvalue weighted by molar-refractivity contribution is 0.768. The molecule has 12 rings (SSSR count). The molecule has 0 atom stereocenters. The predicted octanol–water partition coefficient (Wildman–Crippen LogP) is 14.8. The molecule has 0 fully saturated rings. The monoisotopic (exact) mass is 816 g/mol. The molecule has 302 valence electrons. The Hall–Kier alpha value is -7.94. The van der Waals surface area contributed by atoms with E-state index in [1.807, 2.05) is 0 Å². The van der Waals surface area contributed by atoms with Crippen LogP contribution in [0.4, 0.5) is 0 Å². The first-order valence-electron chi connectivity index (χ1n) is 22.4. The van der Waals surface area contributed by atoms with Crippen molar-refractivity contribution >= 4 is 0 Å². The Morgan fingerprint density at radius 2 is 0.656 bits per heavy atom. The third-order valence-corrected chi connectivity index (χ3v) is 13.9. The van der Waals surface area contributed by atoms with Gasteiger partial charge in [-0.25, -0.2) is 9.97 Å². The van der Waals surface area contributed by atoms with E-state index >= 15 is 0 Å². The van der Waals surface area contributed by atoms with Crippen molar-refractivity contribution < 1.29 is 0 Å². The van der Waals surface area contributed by atoms with E-state index < -0.39 is 10.8 Å². The van der Waals surface area contributed by atoms with Gasteiger partial charge in [-0.1, -0.05) is 231 Å². The zero-order valence-electron chi connectivity index (χ0n) is 35.6. The molecule has 0 bridgehead atoms. The Balaban J connectivity index is 1.12. The van der Waals surface area contributed by atoms with Crippen molar-refractivity contribution in [3.05, 3.63) is 287 Å². The standard InChI is InChI=1S/C62H44N2/c1-2-49-58(42-22-8-3-9-23-42)63-60(44-37-39-53-51-33-19-21-35-55(51)62(57(53)41-44,47-28-14-6-15-29-47)48-30-16-7-17-31-48)64-59(49)43-36-38-52-50-32-18-20-34-54(50)61(56(52)40-43,45-24-10-4-11-25-45)46-26-12-5-13-27-46/h3-41H,2H2,1H3. The van der Waals surface area contributed by atoms with Crippen LogP contribution in [0.15, 0.2) is 237 Å². The number of nitrogens with zero attached hydrogens (tertiary/aromatic N) is 2. The molecule has 2 aliphatic carbocycles. The second-order valence-electron chi connectivity index (χ2n) is 17.0. The number of hydrogen-bond acceptors (Lipinski definition) is 2. The summed E-state index contributed by atoms with van der Waals surface area (Å²) in [6, 6.07) is 86.5. The van der Waals surface area contributed by atoms with E-state index in [-0.39, 0.29) is 0 Å². The molecule has 1 heterocycles. The third-order valence-electron chi connectivity index (χ3n) is 13.9. The summed E-state index contributed by atoms with van der Waals surface area (Å²) in [6.45, 7) is 2.23. The Bertz CT molecular complexity index is 3260. The quantitative estimate of drug-likeness (QED) is 0.153. The molecule has 1 aromatic heterocycles. The van der Waals surface area contributed by atoms with Crippen LogP contribution in [0.1, 0.15) is 57.0 Å². The normalized spacial score (nSPS) is 13.7. The van der Waals surface area contributed by atoms with E-state index in [0.29, 0.717) is 5.82 Å². The van der Waals surface area contributed by atoms with Crippen molar-refractivity contribution in [1.82, 2.24) is 9.97 Å². The van der Waals surface area contributed by atoms with Crippen LogP contribution in [-0.2, 0) is 17.3 Å². The largest absolute Gasteiger partial charge is 0.228 e. The minimum Gasteiger partial charge on any atom is -0.228 e. The molecule has 0 aliphatic heterocycles. The maximum Gasteiger partial charge on any atom is 0.160 e. The summed E-state index contributed by atoms with van der Waals surface area (Å²) >= 11 is 0. The van der Waals surface area contributed by atoms with Gasteiger partial charge in [0.1, 0.15) is 0 Å². The van der Waals surface area contributed by atoms with E-state index in [1.165, 1.54) is 66.8 Å². The highest BCUT2D eigenvalue weighted by atomic mass is 14.9. The van der Waals surface area contributed by atoms with Crippen LogP contribution in [0.5, 0.6) is 0 Å². The van der Waals surface area contributed by atoms with Crippen molar-refractivity contribution in [3.8, 4) is 56.2 Å². The maximum absolute atomic E-state index is 5.69. The fourth-order valence-corrected chi connectivity index (χ4v) is 11.2. The average Bonchev–Trinajstić information content (AvgIpc) is 3.85. The molecule has 2 aliphatic rings. The summed E-state index contributed by atoms with van der Waals surface area (Å²) in [5.41, 5.74) is 20.2. The van der Waals surface area contributed by atoms with Gasteiger partial charge in [-0.2, -0.15) is 0 Å². The van der Waals surface area contributed by atoms with Crippen molar-refractivity contribution in [1.29, 1.82) is 0 Å². The summed E-state index contributed by atoms with van der Waals surface area (Å²) in [7, 11) is 0. The van der Waals surface area contributed by atoms with Crippen LogP contribution in [0.25, 0.3) is 56.2 Å². The molecular weight excluding hydrogens is 773 g/mol. The van der Waals surface area contributed by atoms with Crippen molar-refractivity contribution in [3.63, 3.8) is 0 Å². The Labute approximate surface area is 375 Å². The van der Waals surface area contributed by atoms with Gasteiger partial charge in [0.25, 0.3) is 0 Å². The lowest BCUT2D eigenvalue weighted by atomic mass is 9.67. The second kappa shape index (κ2) is 15.1. The fraction of sp³-hybridized carbons (Fsp3) is 0.0645. The van der Waals surface area contributed by atoms with Gasteiger partial charge in [0.15, 0.2) is 5.82 Å². The van der Waals surface area contributed by atoms with E-state index in [2.05, 4.69) is 244 Å². The molecule has 0 unspecified atom stereocenters. The van der Waals surface area contributed by atoms with Gasteiger partial charge in [0.05, 0.1) is 22.2 Å². The first-order valence-corrected chi connectivity index (χ1v) is 22.4. The summed E-state index contributed by atoms with van der Waals surface area (Å²) in [6.07, 6.45) is 0.768. The lowest BCUT2D eigenvalue weighted by Crippen LogP contribution is -2.28. The lowest BCUT2D eigenvalue weighted by Gasteiger charge is -2.34. The van der Waals surface area contributed by atoms with Crippen molar-refractivity contribution in [2.45, 2.75) is 24.2 Å². The molecule has 0 N–H and O–H groups in total. The molecule has 2 heteroatoms. The van der Waals surface area contributed by atoms with Crippen LogP contribution in [0.3, 0.4) is 0 Å². The summed E-state index contributed by atoms with van der Waals surface area (Å²) in [5, 5.41) is 0. The zero-order valence-corrected chi connectivity index (χ0v) is 35.6. The van der Waals surface area contributed by atoms with Crippen LogP contribution >= 0.6 is 0 Å². The van der Waals surface area contributed by atoms with Crippen LogP contribution in [-0.4, -0.2) is 9.97 Å². The molecule has 10 aromatic rings. The summed E-state index contributed by atoms with van der Waals surface area (Å²) < 4.78 is 0. The van der Waals surface area contributed by atoms with Crippen LogP contribution < -0.4 is 0 Å².